The van der Waals surface area contributed by atoms with Crippen LogP contribution in [0.25, 0.3) is 0 Å². The maximum Gasteiger partial charge on any atom is 0.0194 e. The van der Waals surface area contributed by atoms with Crippen LogP contribution in [0, 0.1) is 5.92 Å². The lowest BCUT2D eigenvalue weighted by Gasteiger charge is -2.30. The second-order valence-corrected chi connectivity index (χ2v) is 3.42. The topological polar surface area (TPSA) is 52.0 Å². The van der Waals surface area contributed by atoms with Crippen molar-refractivity contribution in [1.29, 1.82) is 0 Å². The van der Waals surface area contributed by atoms with Gasteiger partial charge in [0, 0.05) is 12.1 Å². The molecule has 0 aromatic carbocycles. The molecule has 1 rings (SSSR count). The molecule has 60 valence electrons. The average Bonchev–Trinajstić information content (AvgIpc) is 1.95. The van der Waals surface area contributed by atoms with Crippen LogP contribution in [0.15, 0.2) is 0 Å². The third-order valence-electron chi connectivity index (χ3n) is 2.64. The van der Waals surface area contributed by atoms with Crippen LogP contribution >= 0.6 is 0 Å². The highest BCUT2D eigenvalue weighted by molar-refractivity contribution is 4.84. The summed E-state index contributed by atoms with van der Waals surface area (Å²) in [4.78, 5) is 0. The number of hydrogen-bond donors (Lipinski definition) is 2. The van der Waals surface area contributed by atoms with E-state index in [9.17, 15) is 0 Å². The van der Waals surface area contributed by atoms with Gasteiger partial charge in [-0.3, -0.25) is 0 Å². The molecule has 3 atom stereocenters. The summed E-state index contributed by atoms with van der Waals surface area (Å²) in [5, 5.41) is 0. The highest BCUT2D eigenvalue weighted by atomic mass is 14.8. The van der Waals surface area contributed by atoms with Crippen molar-refractivity contribution >= 4 is 0 Å². The molecule has 1 saturated carbocycles. The van der Waals surface area contributed by atoms with Crippen molar-refractivity contribution in [3.05, 3.63) is 0 Å². The van der Waals surface area contributed by atoms with Gasteiger partial charge in [0.1, 0.15) is 0 Å². The van der Waals surface area contributed by atoms with Gasteiger partial charge in [0.25, 0.3) is 0 Å². The fourth-order valence-corrected chi connectivity index (χ4v) is 1.69. The Kier molecular flexibility index (Phi) is 2.69. The van der Waals surface area contributed by atoms with E-state index in [0.717, 1.165) is 18.8 Å². The number of rotatable bonds is 1. The fourth-order valence-electron chi connectivity index (χ4n) is 1.69. The standard InChI is InChI=1S/C8H18N2/c1-2-6-3-4-7(9)8(10)5-6/h6-8H,2-5,9-10H2,1H3. The van der Waals surface area contributed by atoms with E-state index in [1.165, 1.54) is 12.8 Å². The highest BCUT2D eigenvalue weighted by Gasteiger charge is 2.23. The Bertz CT molecular complexity index is 103. The van der Waals surface area contributed by atoms with E-state index < -0.39 is 0 Å². The van der Waals surface area contributed by atoms with Gasteiger partial charge in [-0.1, -0.05) is 13.3 Å². The Balaban J connectivity index is 2.33. The zero-order chi connectivity index (χ0) is 7.56. The van der Waals surface area contributed by atoms with Crippen molar-refractivity contribution < 1.29 is 0 Å². The first-order chi connectivity index (χ1) is 4.74. The molecule has 0 radical (unpaired) electrons. The third kappa shape index (κ3) is 1.70. The molecule has 0 aromatic rings. The SMILES string of the molecule is CCC1CCC(N)C(N)C1. The third-order valence-corrected chi connectivity index (χ3v) is 2.64. The summed E-state index contributed by atoms with van der Waals surface area (Å²) in [6, 6.07) is 0.529. The molecule has 2 heteroatoms. The van der Waals surface area contributed by atoms with E-state index >= 15 is 0 Å². The molecule has 0 spiro atoms. The summed E-state index contributed by atoms with van der Waals surface area (Å²) in [7, 11) is 0. The minimum atomic E-state index is 0.263. The molecule has 0 aliphatic heterocycles. The molecule has 0 bridgehead atoms. The molecule has 1 fully saturated rings. The summed E-state index contributed by atoms with van der Waals surface area (Å²) in [5.74, 6) is 0.842. The van der Waals surface area contributed by atoms with Crippen LogP contribution in [0.1, 0.15) is 32.6 Å². The van der Waals surface area contributed by atoms with Gasteiger partial charge in [-0.2, -0.15) is 0 Å². The van der Waals surface area contributed by atoms with E-state index in [0.29, 0.717) is 0 Å². The quantitative estimate of drug-likeness (QED) is 0.570. The van der Waals surface area contributed by atoms with Crippen LogP contribution in [0.3, 0.4) is 0 Å². The zero-order valence-electron chi connectivity index (χ0n) is 6.72. The van der Waals surface area contributed by atoms with Crippen molar-refractivity contribution in [2.75, 3.05) is 0 Å². The van der Waals surface area contributed by atoms with Gasteiger partial charge in [0.05, 0.1) is 0 Å². The molecule has 2 nitrogen and oxygen atoms in total. The second-order valence-electron chi connectivity index (χ2n) is 3.42. The van der Waals surface area contributed by atoms with Crippen molar-refractivity contribution in [2.24, 2.45) is 17.4 Å². The molecule has 0 heterocycles. The molecule has 0 saturated heterocycles. The fraction of sp³-hybridized carbons (Fsp3) is 1.00. The summed E-state index contributed by atoms with van der Waals surface area (Å²) in [6.07, 6.45) is 4.81. The van der Waals surface area contributed by atoms with Gasteiger partial charge in [0.15, 0.2) is 0 Å². The second kappa shape index (κ2) is 3.35. The minimum Gasteiger partial charge on any atom is -0.326 e. The summed E-state index contributed by atoms with van der Waals surface area (Å²) in [5.41, 5.74) is 11.6. The van der Waals surface area contributed by atoms with E-state index in [1.54, 1.807) is 0 Å². The lowest BCUT2D eigenvalue weighted by molar-refractivity contribution is 0.283. The Labute approximate surface area is 63.0 Å². The van der Waals surface area contributed by atoms with Gasteiger partial charge in [-0.15, -0.1) is 0 Å². The predicted molar refractivity (Wildman–Crippen MR) is 43.6 cm³/mol. The Morgan fingerprint density at radius 1 is 1.20 bits per heavy atom. The maximum absolute atomic E-state index is 5.82. The van der Waals surface area contributed by atoms with Crippen LogP contribution < -0.4 is 11.5 Å². The Hall–Kier alpha value is -0.0800. The largest absolute Gasteiger partial charge is 0.326 e. The van der Waals surface area contributed by atoms with E-state index in [-0.39, 0.29) is 12.1 Å². The van der Waals surface area contributed by atoms with Gasteiger partial charge in [0.2, 0.25) is 0 Å². The summed E-state index contributed by atoms with van der Waals surface area (Å²) in [6.45, 7) is 2.23. The average molecular weight is 142 g/mol. The number of nitrogens with two attached hydrogens (primary N) is 2. The van der Waals surface area contributed by atoms with E-state index in [1.807, 2.05) is 0 Å². The monoisotopic (exact) mass is 142 g/mol. The zero-order valence-corrected chi connectivity index (χ0v) is 6.72. The van der Waals surface area contributed by atoms with Gasteiger partial charge >= 0.3 is 0 Å². The molecular formula is C8H18N2. The molecule has 4 N–H and O–H groups in total. The van der Waals surface area contributed by atoms with Crippen LogP contribution in [0.5, 0.6) is 0 Å². The number of hydrogen-bond acceptors (Lipinski definition) is 2. The first-order valence-electron chi connectivity index (χ1n) is 4.25. The molecule has 1 aliphatic rings. The molecule has 0 aromatic heterocycles. The molecule has 1 aliphatic carbocycles. The van der Waals surface area contributed by atoms with Crippen LogP contribution in [0.4, 0.5) is 0 Å². The highest BCUT2D eigenvalue weighted by Crippen LogP contribution is 2.24. The molecule has 3 unspecified atom stereocenters. The van der Waals surface area contributed by atoms with Gasteiger partial charge in [-0.25, -0.2) is 0 Å². The molecule has 0 amide bonds. The van der Waals surface area contributed by atoms with Gasteiger partial charge in [-0.05, 0) is 25.2 Å². The Morgan fingerprint density at radius 2 is 1.90 bits per heavy atom. The van der Waals surface area contributed by atoms with Crippen molar-refractivity contribution in [3.8, 4) is 0 Å². The van der Waals surface area contributed by atoms with Crippen LogP contribution in [-0.4, -0.2) is 12.1 Å². The van der Waals surface area contributed by atoms with Crippen molar-refractivity contribution in [1.82, 2.24) is 0 Å². The van der Waals surface area contributed by atoms with Gasteiger partial charge < -0.3 is 11.5 Å². The van der Waals surface area contributed by atoms with E-state index in [4.69, 9.17) is 11.5 Å². The lowest BCUT2D eigenvalue weighted by Crippen LogP contribution is -2.45. The van der Waals surface area contributed by atoms with Crippen molar-refractivity contribution in [2.45, 2.75) is 44.7 Å². The first kappa shape index (κ1) is 8.02. The van der Waals surface area contributed by atoms with Crippen molar-refractivity contribution in [3.63, 3.8) is 0 Å². The maximum atomic E-state index is 5.82. The predicted octanol–water partition coefficient (Wildman–Crippen LogP) is 0.851. The lowest BCUT2D eigenvalue weighted by atomic mass is 9.82. The normalized spacial score (nSPS) is 41.7. The van der Waals surface area contributed by atoms with Crippen LogP contribution in [-0.2, 0) is 0 Å². The first-order valence-corrected chi connectivity index (χ1v) is 4.25. The Morgan fingerprint density at radius 3 is 2.40 bits per heavy atom. The molecule has 10 heavy (non-hydrogen) atoms. The summed E-state index contributed by atoms with van der Waals surface area (Å²) < 4.78 is 0. The molecular weight excluding hydrogens is 124 g/mol. The smallest absolute Gasteiger partial charge is 0.0194 e. The van der Waals surface area contributed by atoms with E-state index in [2.05, 4.69) is 6.92 Å². The summed E-state index contributed by atoms with van der Waals surface area (Å²) >= 11 is 0. The minimum absolute atomic E-state index is 0.263. The van der Waals surface area contributed by atoms with Crippen LogP contribution in [0.2, 0.25) is 0 Å².